The summed E-state index contributed by atoms with van der Waals surface area (Å²) >= 11 is 0. The van der Waals surface area contributed by atoms with Crippen LogP contribution in [0.25, 0.3) is 11.8 Å². The standard InChI is InChI=1S/C39H55N2O9P/c1-25-49-35-20-31-30-15-14-27-18-32-26(21-37(27,2)36(30)33(43)22-38(31,3)39(35,50-25)34(44)24-42)23-40-41(32)28-12-11-13-29(19-28)48-16-9-7-5-4-6-8-10-17-51(45,46)47/h11-13,18-19,23,25,30-31,33,35-36,42-43H,4-10,14-17,20-22,24H2,1-3H3,(H2,45,46,47)/t25?,30-,31-,33-,35+,36+,37-,38-,39+/m0/s1. The van der Waals surface area contributed by atoms with Crippen molar-refractivity contribution in [3.63, 3.8) is 0 Å². The summed E-state index contributed by atoms with van der Waals surface area (Å²) in [4.78, 5) is 31.4. The third-order valence-electron chi connectivity index (χ3n) is 13.3. The monoisotopic (exact) mass is 726 g/mol. The number of carbonyl (C=O) groups excluding carboxylic acids is 1. The second-order valence-corrected chi connectivity index (χ2v) is 18.1. The molecule has 1 saturated heterocycles. The quantitative estimate of drug-likeness (QED) is 0.135. The Balaban J connectivity index is 1.01. The molecule has 7 rings (SSSR count). The largest absolute Gasteiger partial charge is 0.494 e. The minimum Gasteiger partial charge on any atom is -0.494 e. The number of aliphatic hydroxyl groups excluding tert-OH is 2. The predicted molar refractivity (Wildman–Crippen MR) is 191 cm³/mol. The third-order valence-corrected chi connectivity index (χ3v) is 14.2. The SMILES string of the molecule is CC1O[C@@H]2C[C@H]3[C@@H]4CCC5=Cc6c(cnn6-c6cccc(OCCCCCCCCCP(=O)(O)O)c6)C[C@]5(C)[C@H]4[C@@H](O)C[C@]3(C)[C@]2(C(=O)CO)O1. The van der Waals surface area contributed by atoms with Crippen molar-refractivity contribution in [2.75, 3.05) is 19.4 Å². The highest BCUT2D eigenvalue weighted by Crippen LogP contribution is 2.70. The summed E-state index contributed by atoms with van der Waals surface area (Å²) in [6, 6.07) is 8.06. The van der Waals surface area contributed by atoms with Gasteiger partial charge in [0.25, 0.3) is 0 Å². The van der Waals surface area contributed by atoms with Gasteiger partial charge in [-0.3, -0.25) is 9.36 Å². The van der Waals surface area contributed by atoms with E-state index in [2.05, 4.69) is 19.9 Å². The van der Waals surface area contributed by atoms with Crippen LogP contribution in [0.4, 0.5) is 0 Å². The number of aromatic nitrogens is 2. The molecule has 0 spiro atoms. The third kappa shape index (κ3) is 6.49. The van der Waals surface area contributed by atoms with Crippen molar-refractivity contribution in [1.29, 1.82) is 0 Å². The van der Waals surface area contributed by atoms with Crippen molar-refractivity contribution >= 4 is 19.5 Å². The van der Waals surface area contributed by atoms with Gasteiger partial charge in [0.1, 0.15) is 12.4 Å². The van der Waals surface area contributed by atoms with Crippen LogP contribution in [0.15, 0.2) is 36.0 Å². The Morgan fingerprint density at radius 2 is 1.86 bits per heavy atom. The van der Waals surface area contributed by atoms with Crippen LogP contribution in [0.2, 0.25) is 0 Å². The first kappa shape index (κ1) is 37.0. The number of allylic oxidation sites excluding steroid dienone is 1. The Bertz CT molecular complexity index is 1690. The van der Waals surface area contributed by atoms with Gasteiger partial charge in [0.2, 0.25) is 0 Å². The van der Waals surface area contributed by atoms with Gasteiger partial charge in [0.05, 0.1) is 36.4 Å². The molecule has 4 N–H and O–H groups in total. The van der Waals surface area contributed by atoms with Gasteiger partial charge < -0.3 is 34.2 Å². The number of ketones is 1. The Morgan fingerprint density at radius 1 is 1.12 bits per heavy atom. The number of aliphatic hydroxyl groups is 2. The molecule has 2 heterocycles. The summed E-state index contributed by atoms with van der Waals surface area (Å²) in [5, 5.41) is 27.0. The molecule has 1 unspecified atom stereocenters. The fourth-order valence-corrected chi connectivity index (χ4v) is 11.8. The molecule has 11 nitrogen and oxygen atoms in total. The predicted octanol–water partition coefficient (Wildman–Crippen LogP) is 5.98. The summed E-state index contributed by atoms with van der Waals surface area (Å²) in [5.74, 6) is 0.828. The molecule has 1 aliphatic heterocycles. The van der Waals surface area contributed by atoms with E-state index in [1.54, 1.807) is 0 Å². The molecule has 1 aromatic carbocycles. The van der Waals surface area contributed by atoms with E-state index in [9.17, 15) is 19.6 Å². The number of carbonyl (C=O) groups is 1. The number of rotatable bonds is 14. The molecule has 0 amide bonds. The number of unbranched alkanes of at least 4 members (excludes halogenated alkanes) is 6. The lowest BCUT2D eigenvalue weighted by atomic mass is 9.45. The number of hydrogen-bond acceptors (Lipinski definition) is 8. The molecule has 4 fully saturated rings. The normalized spacial score (nSPS) is 35.3. The minimum atomic E-state index is -3.87. The van der Waals surface area contributed by atoms with Gasteiger partial charge in [-0.1, -0.05) is 57.6 Å². The van der Waals surface area contributed by atoms with Crippen molar-refractivity contribution in [3.05, 3.63) is 47.3 Å². The summed E-state index contributed by atoms with van der Waals surface area (Å²) in [7, 11) is -3.87. The van der Waals surface area contributed by atoms with Crippen LogP contribution in [0, 0.1) is 28.6 Å². The summed E-state index contributed by atoms with van der Waals surface area (Å²) in [6.45, 7) is 6.23. The van der Waals surface area contributed by atoms with Crippen LogP contribution in [0.5, 0.6) is 5.75 Å². The maximum Gasteiger partial charge on any atom is 0.325 e. The average Bonchev–Trinajstić information content (AvgIpc) is 3.71. The van der Waals surface area contributed by atoms with Crippen molar-refractivity contribution in [1.82, 2.24) is 9.78 Å². The van der Waals surface area contributed by atoms with E-state index in [0.717, 1.165) is 80.5 Å². The highest BCUT2D eigenvalue weighted by atomic mass is 31.2. The topological polar surface area (TPSA) is 161 Å². The number of nitrogens with zero attached hydrogens (tertiary/aromatic N) is 2. The van der Waals surface area contributed by atoms with E-state index in [1.807, 2.05) is 42.1 Å². The van der Waals surface area contributed by atoms with Gasteiger partial charge in [-0.25, -0.2) is 4.68 Å². The lowest BCUT2D eigenvalue weighted by molar-refractivity contribution is -0.199. The van der Waals surface area contributed by atoms with Crippen LogP contribution >= 0.6 is 7.60 Å². The number of benzene rings is 1. The molecule has 0 bridgehead atoms. The molecular formula is C39H55N2O9P. The van der Waals surface area contributed by atoms with Gasteiger partial charge in [-0.2, -0.15) is 5.10 Å². The lowest BCUT2D eigenvalue weighted by Gasteiger charge is -2.60. The highest BCUT2D eigenvalue weighted by molar-refractivity contribution is 7.51. The smallest absolute Gasteiger partial charge is 0.325 e. The van der Waals surface area contributed by atoms with E-state index in [1.165, 1.54) is 5.57 Å². The first-order chi connectivity index (χ1) is 24.3. The fourth-order valence-electron chi connectivity index (χ4n) is 11.1. The van der Waals surface area contributed by atoms with Crippen molar-refractivity contribution in [2.45, 2.75) is 122 Å². The van der Waals surface area contributed by atoms with Crippen LogP contribution < -0.4 is 4.74 Å². The van der Waals surface area contributed by atoms with E-state index in [-0.39, 0.29) is 35.1 Å². The second-order valence-electron chi connectivity index (χ2n) is 16.3. The van der Waals surface area contributed by atoms with Crippen molar-refractivity contribution in [2.24, 2.45) is 28.6 Å². The molecule has 2 aromatic rings. The molecule has 4 aliphatic carbocycles. The van der Waals surface area contributed by atoms with Gasteiger partial charge >= 0.3 is 7.60 Å². The number of hydrogen-bond donors (Lipinski definition) is 4. The maximum absolute atomic E-state index is 13.4. The first-order valence-corrected chi connectivity index (χ1v) is 20.8. The number of ether oxygens (including phenoxy) is 3. The minimum absolute atomic E-state index is 0.0194. The molecule has 9 atom stereocenters. The summed E-state index contributed by atoms with van der Waals surface area (Å²) in [6.07, 6.45) is 13.0. The van der Waals surface area contributed by atoms with Gasteiger partial charge in [0.15, 0.2) is 17.7 Å². The number of Topliss-reactive ketones (excluding diaryl/α,β-unsaturated/α-hetero) is 1. The zero-order valence-corrected chi connectivity index (χ0v) is 31.1. The maximum atomic E-state index is 13.4. The molecule has 12 heteroatoms. The molecule has 3 saturated carbocycles. The zero-order valence-electron chi connectivity index (χ0n) is 30.2. The van der Waals surface area contributed by atoms with E-state index in [4.69, 9.17) is 29.1 Å². The summed E-state index contributed by atoms with van der Waals surface area (Å²) in [5.41, 5.74) is 2.41. The molecule has 0 radical (unpaired) electrons. The molecule has 51 heavy (non-hydrogen) atoms. The Labute approximate surface area is 300 Å². The fraction of sp³-hybridized carbons (Fsp3) is 0.692. The molecule has 5 aliphatic rings. The van der Waals surface area contributed by atoms with Crippen LogP contribution in [-0.4, -0.2) is 79.0 Å². The van der Waals surface area contributed by atoms with Gasteiger partial charge in [-0.15, -0.1) is 0 Å². The van der Waals surface area contributed by atoms with Crippen molar-refractivity contribution in [3.8, 4) is 11.4 Å². The van der Waals surface area contributed by atoms with Crippen molar-refractivity contribution < 1.29 is 43.6 Å². The lowest BCUT2D eigenvalue weighted by Crippen LogP contribution is -2.63. The molecule has 1 aromatic heterocycles. The van der Waals surface area contributed by atoms with E-state index >= 15 is 0 Å². The van der Waals surface area contributed by atoms with Gasteiger partial charge in [-0.05, 0) is 98.8 Å². The van der Waals surface area contributed by atoms with Crippen LogP contribution in [0.3, 0.4) is 0 Å². The highest BCUT2D eigenvalue weighted by Gasteiger charge is 2.75. The van der Waals surface area contributed by atoms with Crippen LogP contribution in [-0.2, 0) is 25.3 Å². The van der Waals surface area contributed by atoms with E-state index < -0.39 is 43.7 Å². The first-order valence-electron chi connectivity index (χ1n) is 19.0. The molecule has 280 valence electrons. The summed E-state index contributed by atoms with van der Waals surface area (Å²) < 4.78 is 31.6. The Hall–Kier alpha value is -2.37. The van der Waals surface area contributed by atoms with Crippen LogP contribution in [0.1, 0.15) is 103 Å². The molecular weight excluding hydrogens is 671 g/mol. The second kappa shape index (κ2) is 14.1. The van der Waals surface area contributed by atoms with Gasteiger partial charge in [0, 0.05) is 17.6 Å². The average molecular weight is 727 g/mol. The van der Waals surface area contributed by atoms with E-state index in [0.29, 0.717) is 25.9 Å². The Morgan fingerprint density at radius 3 is 2.61 bits per heavy atom. The Kier molecular flexibility index (Phi) is 10.2. The number of fused-ring (bicyclic) bond motifs is 8. The zero-order chi connectivity index (χ0) is 36.2.